The maximum atomic E-state index is 11.9. The van der Waals surface area contributed by atoms with Crippen molar-refractivity contribution in [1.82, 2.24) is 4.90 Å². The van der Waals surface area contributed by atoms with E-state index >= 15 is 0 Å². The van der Waals surface area contributed by atoms with Crippen LogP contribution in [-0.4, -0.2) is 23.4 Å². The largest absolute Gasteiger partial charge is 0.339 e. The molecule has 1 amide bonds. The van der Waals surface area contributed by atoms with Crippen LogP contribution < -0.4 is 0 Å². The number of amides is 1. The Morgan fingerprint density at radius 2 is 2.08 bits per heavy atom. The summed E-state index contributed by atoms with van der Waals surface area (Å²) in [5, 5.41) is 0. The number of carbonyl (C=O) groups is 1. The van der Waals surface area contributed by atoms with Crippen LogP contribution in [0.1, 0.15) is 38.5 Å². The van der Waals surface area contributed by atoms with Crippen molar-refractivity contribution < 1.29 is 4.79 Å². The summed E-state index contributed by atoms with van der Waals surface area (Å²) in [5.74, 6) is 1.76. The third kappa shape index (κ3) is 1.04. The molecule has 0 aromatic rings. The molecule has 13 heavy (non-hydrogen) atoms. The Labute approximate surface area is 79.3 Å². The Kier molecular flexibility index (Phi) is 1.64. The lowest BCUT2D eigenvalue weighted by molar-refractivity contribution is -0.143. The van der Waals surface area contributed by atoms with Crippen molar-refractivity contribution in [2.75, 3.05) is 6.54 Å². The lowest BCUT2D eigenvalue weighted by Crippen LogP contribution is -2.51. The Morgan fingerprint density at radius 1 is 1.15 bits per heavy atom. The fourth-order valence-electron chi connectivity index (χ4n) is 3.55. The predicted molar refractivity (Wildman–Crippen MR) is 50.2 cm³/mol. The van der Waals surface area contributed by atoms with E-state index in [2.05, 4.69) is 4.90 Å². The quantitative estimate of drug-likeness (QED) is 0.555. The Morgan fingerprint density at radius 3 is 3.00 bits per heavy atom. The van der Waals surface area contributed by atoms with E-state index in [9.17, 15) is 4.79 Å². The van der Waals surface area contributed by atoms with Crippen molar-refractivity contribution >= 4 is 5.91 Å². The first-order valence-corrected chi connectivity index (χ1v) is 5.67. The average molecular weight is 179 g/mol. The van der Waals surface area contributed by atoms with Gasteiger partial charge in [-0.2, -0.15) is 0 Å². The third-order valence-electron chi connectivity index (χ3n) is 4.20. The van der Waals surface area contributed by atoms with Crippen LogP contribution in [0.5, 0.6) is 0 Å². The number of rotatable bonds is 0. The van der Waals surface area contributed by atoms with Crippen molar-refractivity contribution in [1.29, 1.82) is 0 Å². The number of fused-ring (bicyclic) bond motifs is 4. The number of hydrogen-bond acceptors (Lipinski definition) is 1. The molecule has 0 unspecified atom stereocenters. The highest BCUT2D eigenvalue weighted by atomic mass is 16.2. The van der Waals surface area contributed by atoms with E-state index in [1.807, 2.05) is 0 Å². The topological polar surface area (TPSA) is 20.3 Å². The molecule has 1 saturated carbocycles. The molecule has 2 aliphatic heterocycles. The van der Waals surface area contributed by atoms with Gasteiger partial charge in [0.05, 0.1) is 0 Å². The molecule has 0 aromatic heterocycles. The Balaban J connectivity index is 1.89. The molecule has 0 spiro atoms. The molecule has 3 atom stereocenters. The SMILES string of the molecule is O=C1[C@H]2CC[C@H](C2)[C@@H]2CCCCN12. The van der Waals surface area contributed by atoms with Crippen LogP contribution in [0.25, 0.3) is 0 Å². The van der Waals surface area contributed by atoms with Gasteiger partial charge < -0.3 is 4.90 Å². The van der Waals surface area contributed by atoms with E-state index in [0.29, 0.717) is 17.9 Å². The molecule has 3 fully saturated rings. The van der Waals surface area contributed by atoms with Gasteiger partial charge in [0.1, 0.15) is 0 Å². The summed E-state index contributed by atoms with van der Waals surface area (Å²) in [6.45, 7) is 1.05. The fourth-order valence-corrected chi connectivity index (χ4v) is 3.55. The van der Waals surface area contributed by atoms with Gasteiger partial charge in [-0.1, -0.05) is 0 Å². The third-order valence-corrected chi connectivity index (χ3v) is 4.20. The normalized spacial score (nSPS) is 43.5. The summed E-state index contributed by atoms with van der Waals surface area (Å²) in [5.41, 5.74) is 0. The predicted octanol–water partition coefficient (Wildman–Crippen LogP) is 1.80. The van der Waals surface area contributed by atoms with E-state index in [4.69, 9.17) is 0 Å². The van der Waals surface area contributed by atoms with Crippen LogP contribution in [-0.2, 0) is 4.79 Å². The molecular formula is C11H17NO. The first-order chi connectivity index (χ1) is 6.36. The maximum Gasteiger partial charge on any atom is 0.225 e. The van der Waals surface area contributed by atoms with E-state index in [0.717, 1.165) is 12.5 Å². The molecule has 1 aliphatic carbocycles. The van der Waals surface area contributed by atoms with Crippen LogP contribution in [0.3, 0.4) is 0 Å². The van der Waals surface area contributed by atoms with Crippen LogP contribution in [0.15, 0.2) is 0 Å². The van der Waals surface area contributed by atoms with Crippen molar-refractivity contribution in [2.24, 2.45) is 11.8 Å². The van der Waals surface area contributed by atoms with Crippen LogP contribution >= 0.6 is 0 Å². The minimum absolute atomic E-state index is 0.416. The molecular weight excluding hydrogens is 162 g/mol. The van der Waals surface area contributed by atoms with E-state index in [1.54, 1.807) is 0 Å². The highest BCUT2D eigenvalue weighted by Gasteiger charge is 2.45. The highest BCUT2D eigenvalue weighted by molar-refractivity contribution is 5.80. The number of carbonyl (C=O) groups excluding carboxylic acids is 1. The van der Waals surface area contributed by atoms with E-state index in [1.165, 1.54) is 38.5 Å². The van der Waals surface area contributed by atoms with Crippen molar-refractivity contribution in [3.63, 3.8) is 0 Å². The number of piperidine rings is 2. The molecule has 0 radical (unpaired) electrons. The van der Waals surface area contributed by atoms with Gasteiger partial charge in [0.15, 0.2) is 0 Å². The van der Waals surface area contributed by atoms with Gasteiger partial charge in [0.25, 0.3) is 0 Å². The zero-order valence-corrected chi connectivity index (χ0v) is 8.04. The van der Waals surface area contributed by atoms with Gasteiger partial charge in [-0.15, -0.1) is 0 Å². The molecule has 0 N–H and O–H groups in total. The molecule has 0 aromatic carbocycles. The van der Waals surface area contributed by atoms with Gasteiger partial charge in [0.2, 0.25) is 5.91 Å². The summed E-state index contributed by atoms with van der Waals surface area (Å²) < 4.78 is 0. The Bertz CT molecular complexity index is 238. The highest BCUT2D eigenvalue weighted by Crippen LogP contribution is 2.43. The van der Waals surface area contributed by atoms with Crippen LogP contribution in [0.4, 0.5) is 0 Å². The minimum atomic E-state index is 0.416. The van der Waals surface area contributed by atoms with E-state index in [-0.39, 0.29) is 0 Å². The standard InChI is InChI=1S/C11H17NO/c13-11-9-5-4-8(7-9)10-3-1-2-6-12(10)11/h8-10H,1-7H2/t8-,9+,10+/m1/s1. The second-order valence-corrected chi connectivity index (χ2v) is 4.86. The summed E-state index contributed by atoms with van der Waals surface area (Å²) in [4.78, 5) is 14.1. The molecule has 2 bridgehead atoms. The van der Waals surface area contributed by atoms with E-state index < -0.39 is 0 Å². The van der Waals surface area contributed by atoms with Crippen LogP contribution in [0, 0.1) is 11.8 Å². The Hall–Kier alpha value is -0.530. The van der Waals surface area contributed by atoms with Gasteiger partial charge in [-0.05, 0) is 44.4 Å². The molecule has 3 rings (SSSR count). The smallest absolute Gasteiger partial charge is 0.225 e. The zero-order valence-electron chi connectivity index (χ0n) is 8.04. The lowest BCUT2D eigenvalue weighted by atomic mass is 9.84. The monoisotopic (exact) mass is 179 g/mol. The maximum absolute atomic E-state index is 11.9. The zero-order chi connectivity index (χ0) is 8.84. The molecule has 2 heterocycles. The molecule has 2 saturated heterocycles. The fraction of sp³-hybridized carbons (Fsp3) is 0.909. The molecule has 2 nitrogen and oxygen atoms in total. The first-order valence-electron chi connectivity index (χ1n) is 5.67. The summed E-state index contributed by atoms with van der Waals surface area (Å²) in [7, 11) is 0. The number of hydrogen-bond donors (Lipinski definition) is 0. The summed E-state index contributed by atoms with van der Waals surface area (Å²) in [6, 6.07) is 0.639. The summed E-state index contributed by atoms with van der Waals surface area (Å²) >= 11 is 0. The molecule has 3 aliphatic rings. The number of nitrogens with zero attached hydrogens (tertiary/aromatic N) is 1. The second-order valence-electron chi connectivity index (χ2n) is 4.86. The lowest BCUT2D eigenvalue weighted by Gasteiger charge is -2.43. The van der Waals surface area contributed by atoms with Gasteiger partial charge >= 0.3 is 0 Å². The summed E-state index contributed by atoms with van der Waals surface area (Å²) in [6.07, 6.45) is 7.56. The van der Waals surface area contributed by atoms with Gasteiger partial charge in [0, 0.05) is 18.5 Å². The van der Waals surface area contributed by atoms with Crippen molar-refractivity contribution in [3.05, 3.63) is 0 Å². The van der Waals surface area contributed by atoms with Crippen molar-refractivity contribution in [2.45, 2.75) is 44.6 Å². The molecule has 72 valence electrons. The minimum Gasteiger partial charge on any atom is -0.339 e. The first kappa shape index (κ1) is 7.84. The molecule has 2 heteroatoms. The van der Waals surface area contributed by atoms with Crippen LogP contribution in [0.2, 0.25) is 0 Å². The average Bonchev–Trinajstić information content (AvgIpc) is 2.61. The second kappa shape index (κ2) is 2.73. The van der Waals surface area contributed by atoms with Gasteiger partial charge in [-0.25, -0.2) is 0 Å². The van der Waals surface area contributed by atoms with Gasteiger partial charge in [-0.3, -0.25) is 4.79 Å². The van der Waals surface area contributed by atoms with Crippen molar-refractivity contribution in [3.8, 4) is 0 Å².